The van der Waals surface area contributed by atoms with Gasteiger partial charge in [0.25, 0.3) is 11.8 Å². The number of hydrogen-bond acceptors (Lipinski definition) is 5. The van der Waals surface area contributed by atoms with Crippen molar-refractivity contribution in [2.45, 2.75) is 26.5 Å². The molecule has 0 saturated carbocycles. The molecule has 0 aliphatic carbocycles. The van der Waals surface area contributed by atoms with Crippen LogP contribution < -0.4 is 9.64 Å². The van der Waals surface area contributed by atoms with Crippen LogP contribution in [0.1, 0.15) is 29.4 Å². The smallest absolute Gasteiger partial charge is 0.272 e. The predicted octanol–water partition coefficient (Wildman–Crippen LogP) is 5.51. The second kappa shape index (κ2) is 8.86. The zero-order chi connectivity index (χ0) is 22.0. The summed E-state index contributed by atoms with van der Waals surface area (Å²) in [5, 5.41) is 0. The van der Waals surface area contributed by atoms with E-state index in [4.69, 9.17) is 9.15 Å². The van der Waals surface area contributed by atoms with E-state index >= 15 is 0 Å². The Balaban J connectivity index is 1.80. The number of aryl methyl sites for hydroxylation is 2. The first-order valence-corrected chi connectivity index (χ1v) is 11.1. The van der Waals surface area contributed by atoms with Gasteiger partial charge in [-0.05, 0) is 56.2 Å². The number of ether oxygens (including phenoxy) is 1. The summed E-state index contributed by atoms with van der Waals surface area (Å²) in [5.74, 6) is 1.01. The molecule has 2 heterocycles. The third-order valence-corrected chi connectivity index (χ3v) is 6.13. The Morgan fingerprint density at radius 1 is 1.00 bits per heavy atom. The fraction of sp³-hybridized carbons (Fsp3) is 0.200. The Labute approximate surface area is 185 Å². The van der Waals surface area contributed by atoms with Crippen molar-refractivity contribution in [2.75, 3.05) is 11.5 Å². The summed E-state index contributed by atoms with van der Waals surface area (Å²) < 4.78 is 11.1. The molecule has 0 atom stereocenters. The summed E-state index contributed by atoms with van der Waals surface area (Å²) in [6.45, 7) is 6.27. The van der Waals surface area contributed by atoms with Gasteiger partial charge in [-0.15, -0.1) is 11.8 Å². The highest BCUT2D eigenvalue weighted by molar-refractivity contribution is 8.03. The Kier molecular flexibility index (Phi) is 6.00. The van der Waals surface area contributed by atoms with Gasteiger partial charge in [0, 0.05) is 0 Å². The highest BCUT2D eigenvalue weighted by Crippen LogP contribution is 2.42. The summed E-state index contributed by atoms with van der Waals surface area (Å²) in [7, 11) is 0. The number of imide groups is 1. The van der Waals surface area contributed by atoms with Crippen molar-refractivity contribution in [3.05, 3.63) is 88.2 Å². The van der Waals surface area contributed by atoms with Gasteiger partial charge in [0.05, 0.1) is 34.8 Å². The average molecular weight is 434 g/mol. The number of para-hydroxylation sites is 2. The fourth-order valence-corrected chi connectivity index (χ4v) is 4.66. The van der Waals surface area contributed by atoms with Crippen LogP contribution in [-0.4, -0.2) is 18.4 Å². The first-order chi connectivity index (χ1) is 15.0. The van der Waals surface area contributed by atoms with Gasteiger partial charge in [0.15, 0.2) is 0 Å². The lowest BCUT2D eigenvalue weighted by molar-refractivity contribution is -0.119. The van der Waals surface area contributed by atoms with Gasteiger partial charge in [0.2, 0.25) is 0 Å². The van der Waals surface area contributed by atoms with E-state index in [1.54, 1.807) is 24.5 Å². The molecule has 0 bridgehead atoms. The van der Waals surface area contributed by atoms with Crippen LogP contribution in [0.25, 0.3) is 5.57 Å². The van der Waals surface area contributed by atoms with Crippen LogP contribution in [0, 0.1) is 13.8 Å². The molecular weight excluding hydrogens is 410 g/mol. The van der Waals surface area contributed by atoms with Gasteiger partial charge in [-0.2, -0.15) is 0 Å². The number of rotatable bonds is 7. The summed E-state index contributed by atoms with van der Waals surface area (Å²) in [6.07, 6.45) is 1.60. The maximum absolute atomic E-state index is 13.6. The van der Waals surface area contributed by atoms with Gasteiger partial charge in [-0.1, -0.05) is 35.9 Å². The quantitative estimate of drug-likeness (QED) is 0.460. The Morgan fingerprint density at radius 2 is 1.81 bits per heavy atom. The van der Waals surface area contributed by atoms with Crippen molar-refractivity contribution < 1.29 is 18.7 Å². The summed E-state index contributed by atoms with van der Waals surface area (Å²) in [5.41, 5.74) is 3.69. The zero-order valence-electron chi connectivity index (χ0n) is 17.7. The number of anilines is 1. The molecule has 0 radical (unpaired) electrons. The van der Waals surface area contributed by atoms with Crippen LogP contribution in [-0.2, 0) is 15.3 Å². The molecule has 6 heteroatoms. The number of amides is 2. The number of furan rings is 1. The predicted molar refractivity (Wildman–Crippen MR) is 123 cm³/mol. The van der Waals surface area contributed by atoms with Crippen LogP contribution in [0.5, 0.6) is 5.75 Å². The lowest BCUT2D eigenvalue weighted by atomic mass is 9.98. The van der Waals surface area contributed by atoms with Crippen LogP contribution in [0.2, 0.25) is 0 Å². The standard InChI is InChI=1S/C25H23NO4S/c1-4-29-21-10-6-5-9-20(21)26-24(27)22(19-12-11-16(2)14-17(19)3)23(25(26)28)31-15-18-8-7-13-30-18/h5-14H,4,15H2,1-3H3. The van der Waals surface area contributed by atoms with Crippen molar-refractivity contribution in [3.8, 4) is 5.75 Å². The number of carbonyl (C=O) groups excluding carboxylic acids is 2. The second-order valence-electron chi connectivity index (χ2n) is 7.24. The molecule has 0 saturated heterocycles. The van der Waals surface area contributed by atoms with E-state index in [0.29, 0.717) is 34.3 Å². The highest BCUT2D eigenvalue weighted by atomic mass is 32.2. The molecule has 3 aromatic rings. The van der Waals surface area contributed by atoms with Crippen LogP contribution in [0.4, 0.5) is 5.69 Å². The summed E-state index contributed by atoms with van der Waals surface area (Å²) in [6, 6.07) is 16.7. The Morgan fingerprint density at radius 3 is 2.52 bits per heavy atom. The number of nitrogens with zero attached hydrogens (tertiary/aromatic N) is 1. The van der Waals surface area contributed by atoms with Gasteiger partial charge in [-0.25, -0.2) is 4.90 Å². The SMILES string of the molecule is CCOc1ccccc1N1C(=O)C(SCc2ccco2)=C(c2ccc(C)cc2C)C1=O. The maximum atomic E-state index is 13.6. The van der Waals surface area contributed by atoms with Crippen molar-refractivity contribution in [3.63, 3.8) is 0 Å². The molecule has 4 rings (SSSR count). The van der Waals surface area contributed by atoms with Gasteiger partial charge < -0.3 is 9.15 Å². The molecule has 2 amide bonds. The molecule has 5 nitrogen and oxygen atoms in total. The minimum absolute atomic E-state index is 0.342. The van der Waals surface area contributed by atoms with Crippen LogP contribution in [0.15, 0.2) is 70.2 Å². The third kappa shape index (κ3) is 4.03. The lowest BCUT2D eigenvalue weighted by Gasteiger charge is -2.19. The average Bonchev–Trinajstić information content (AvgIpc) is 3.34. The molecule has 0 fully saturated rings. The minimum Gasteiger partial charge on any atom is -0.492 e. The number of carbonyl (C=O) groups is 2. The normalized spacial score (nSPS) is 14.0. The van der Waals surface area contributed by atoms with Crippen molar-refractivity contribution in [1.82, 2.24) is 0 Å². The van der Waals surface area contributed by atoms with Gasteiger partial charge >= 0.3 is 0 Å². The number of benzene rings is 2. The second-order valence-corrected chi connectivity index (χ2v) is 8.22. The molecule has 0 unspecified atom stereocenters. The molecule has 0 spiro atoms. The fourth-order valence-electron chi connectivity index (χ4n) is 3.65. The lowest BCUT2D eigenvalue weighted by Crippen LogP contribution is -2.31. The van der Waals surface area contributed by atoms with E-state index in [1.165, 1.54) is 16.7 Å². The van der Waals surface area contributed by atoms with Gasteiger partial charge in [0.1, 0.15) is 11.5 Å². The molecular formula is C25H23NO4S. The van der Waals surface area contributed by atoms with Crippen molar-refractivity contribution in [2.24, 2.45) is 0 Å². The molecule has 2 aromatic carbocycles. The number of thioether (sulfide) groups is 1. The van der Waals surface area contributed by atoms with E-state index in [1.807, 2.05) is 57.2 Å². The first-order valence-electron chi connectivity index (χ1n) is 10.1. The minimum atomic E-state index is -0.344. The Hall–Kier alpha value is -3.25. The molecule has 1 aliphatic heterocycles. The molecule has 1 aliphatic rings. The summed E-state index contributed by atoms with van der Waals surface area (Å²) in [4.78, 5) is 28.8. The van der Waals surface area contributed by atoms with E-state index in [2.05, 4.69) is 0 Å². The third-order valence-electron chi connectivity index (χ3n) is 5.04. The summed E-state index contributed by atoms with van der Waals surface area (Å²) >= 11 is 1.32. The highest BCUT2D eigenvalue weighted by Gasteiger charge is 2.41. The topological polar surface area (TPSA) is 59.8 Å². The van der Waals surface area contributed by atoms with E-state index in [0.717, 1.165) is 22.5 Å². The zero-order valence-corrected chi connectivity index (χ0v) is 18.5. The molecule has 0 N–H and O–H groups in total. The van der Waals surface area contributed by atoms with E-state index in [9.17, 15) is 9.59 Å². The van der Waals surface area contributed by atoms with E-state index < -0.39 is 0 Å². The molecule has 31 heavy (non-hydrogen) atoms. The van der Waals surface area contributed by atoms with Crippen LogP contribution in [0.3, 0.4) is 0 Å². The van der Waals surface area contributed by atoms with E-state index in [-0.39, 0.29) is 11.8 Å². The molecule has 158 valence electrons. The van der Waals surface area contributed by atoms with Crippen molar-refractivity contribution in [1.29, 1.82) is 0 Å². The van der Waals surface area contributed by atoms with Crippen molar-refractivity contribution >= 4 is 34.8 Å². The van der Waals surface area contributed by atoms with Crippen LogP contribution >= 0.6 is 11.8 Å². The molecule has 1 aromatic heterocycles. The number of hydrogen-bond donors (Lipinski definition) is 0. The largest absolute Gasteiger partial charge is 0.492 e. The van der Waals surface area contributed by atoms with Gasteiger partial charge in [-0.3, -0.25) is 9.59 Å². The Bertz CT molecular complexity index is 1160. The monoisotopic (exact) mass is 433 g/mol. The maximum Gasteiger partial charge on any atom is 0.272 e. The first kappa shape index (κ1) is 21.0.